The highest BCUT2D eigenvalue weighted by Crippen LogP contribution is 2.28. The van der Waals surface area contributed by atoms with E-state index in [-0.39, 0.29) is 17.5 Å². The third-order valence-corrected chi connectivity index (χ3v) is 4.37. The number of phenols is 1. The van der Waals surface area contributed by atoms with E-state index < -0.39 is 6.04 Å². The van der Waals surface area contributed by atoms with Crippen LogP contribution in [-0.4, -0.2) is 28.0 Å². The Hall–Kier alpha value is -2.56. The SMILES string of the molecule is CCOC(=O)[C@H](Cc1ccc(O)cc1)n1ccc2c1C(=O)CCC2. The molecule has 0 aliphatic heterocycles. The lowest BCUT2D eigenvalue weighted by molar-refractivity contribution is -0.147. The second-order valence-electron chi connectivity index (χ2n) is 6.01. The van der Waals surface area contributed by atoms with Gasteiger partial charge in [0.05, 0.1) is 12.3 Å². The molecule has 0 spiro atoms. The van der Waals surface area contributed by atoms with Crippen molar-refractivity contribution in [1.82, 2.24) is 4.57 Å². The van der Waals surface area contributed by atoms with E-state index in [1.165, 1.54) is 0 Å². The van der Waals surface area contributed by atoms with E-state index in [9.17, 15) is 14.7 Å². The number of rotatable bonds is 5. The molecule has 5 heteroatoms. The number of ketones is 1. The minimum Gasteiger partial charge on any atom is -0.508 e. The highest BCUT2D eigenvalue weighted by Gasteiger charge is 2.29. The van der Waals surface area contributed by atoms with Gasteiger partial charge in [0.25, 0.3) is 0 Å². The number of hydrogen-bond acceptors (Lipinski definition) is 4. The monoisotopic (exact) mass is 327 g/mol. The van der Waals surface area contributed by atoms with Gasteiger partial charge in [-0.15, -0.1) is 0 Å². The third kappa shape index (κ3) is 3.20. The van der Waals surface area contributed by atoms with Crippen molar-refractivity contribution < 1.29 is 19.4 Å². The molecule has 0 saturated carbocycles. The van der Waals surface area contributed by atoms with Crippen LogP contribution in [0.4, 0.5) is 0 Å². The molecule has 3 rings (SSSR count). The van der Waals surface area contributed by atoms with Crippen LogP contribution in [0.25, 0.3) is 0 Å². The van der Waals surface area contributed by atoms with Crippen LogP contribution >= 0.6 is 0 Å². The van der Waals surface area contributed by atoms with Crippen LogP contribution in [0.3, 0.4) is 0 Å². The molecule has 1 aromatic carbocycles. The number of aromatic hydroxyl groups is 1. The molecule has 5 nitrogen and oxygen atoms in total. The first kappa shape index (κ1) is 16.3. The standard InChI is InChI=1S/C19H21NO4/c1-2-24-19(23)16(12-13-6-8-15(21)9-7-13)20-11-10-14-4-3-5-17(22)18(14)20/h6-11,16,21H,2-5,12H2,1H3/t16-/m0/s1. The van der Waals surface area contributed by atoms with E-state index in [1.54, 1.807) is 35.8 Å². The van der Waals surface area contributed by atoms with Crippen molar-refractivity contribution in [2.45, 2.75) is 38.6 Å². The fraction of sp³-hybridized carbons (Fsp3) is 0.368. The normalized spacial score (nSPS) is 15.0. The Morgan fingerprint density at radius 2 is 2.00 bits per heavy atom. The summed E-state index contributed by atoms with van der Waals surface area (Å²) in [7, 11) is 0. The Kier molecular flexibility index (Phi) is 4.69. The number of carbonyl (C=O) groups excluding carboxylic acids is 2. The van der Waals surface area contributed by atoms with Crippen LogP contribution in [0.15, 0.2) is 36.5 Å². The number of fused-ring (bicyclic) bond motifs is 1. The van der Waals surface area contributed by atoms with E-state index in [0.29, 0.717) is 25.1 Å². The topological polar surface area (TPSA) is 68.5 Å². The number of aryl methyl sites for hydroxylation is 1. The van der Waals surface area contributed by atoms with E-state index >= 15 is 0 Å². The van der Waals surface area contributed by atoms with E-state index in [1.807, 2.05) is 12.3 Å². The Bertz CT molecular complexity index is 745. The van der Waals surface area contributed by atoms with Gasteiger partial charge >= 0.3 is 5.97 Å². The first-order valence-electron chi connectivity index (χ1n) is 8.27. The zero-order valence-corrected chi connectivity index (χ0v) is 13.7. The Morgan fingerprint density at radius 3 is 2.71 bits per heavy atom. The van der Waals surface area contributed by atoms with Gasteiger partial charge in [0.2, 0.25) is 0 Å². The van der Waals surface area contributed by atoms with Crippen LogP contribution in [0.1, 0.15) is 47.4 Å². The predicted octanol–water partition coefficient (Wildman–Crippen LogP) is 3.06. The van der Waals surface area contributed by atoms with Gasteiger partial charge in [-0.3, -0.25) is 4.79 Å². The Balaban J connectivity index is 1.96. The Labute approximate surface area is 140 Å². The van der Waals surface area contributed by atoms with Crippen LogP contribution in [0.5, 0.6) is 5.75 Å². The summed E-state index contributed by atoms with van der Waals surface area (Å²) in [5.41, 5.74) is 2.54. The molecule has 1 aromatic heterocycles. The van der Waals surface area contributed by atoms with Crippen molar-refractivity contribution in [3.63, 3.8) is 0 Å². The summed E-state index contributed by atoms with van der Waals surface area (Å²) >= 11 is 0. The lowest BCUT2D eigenvalue weighted by atomic mass is 9.96. The number of benzene rings is 1. The summed E-state index contributed by atoms with van der Waals surface area (Å²) in [5, 5.41) is 9.42. The van der Waals surface area contributed by atoms with Crippen molar-refractivity contribution >= 4 is 11.8 Å². The van der Waals surface area contributed by atoms with Gasteiger partial charge in [-0.25, -0.2) is 4.79 Å². The van der Waals surface area contributed by atoms with Gasteiger partial charge in [0.15, 0.2) is 5.78 Å². The number of esters is 1. The first-order chi connectivity index (χ1) is 11.6. The van der Waals surface area contributed by atoms with Crippen LogP contribution < -0.4 is 0 Å². The van der Waals surface area contributed by atoms with Crippen molar-refractivity contribution in [2.75, 3.05) is 6.61 Å². The highest BCUT2D eigenvalue weighted by molar-refractivity contribution is 5.97. The Morgan fingerprint density at radius 1 is 1.25 bits per heavy atom. The number of nitrogens with zero attached hydrogens (tertiary/aromatic N) is 1. The minimum atomic E-state index is -0.583. The minimum absolute atomic E-state index is 0.0845. The fourth-order valence-electron chi connectivity index (χ4n) is 3.22. The summed E-state index contributed by atoms with van der Waals surface area (Å²) < 4.78 is 7.00. The summed E-state index contributed by atoms with van der Waals surface area (Å²) in [5.74, 6) is -0.0800. The molecule has 0 bridgehead atoms. The molecule has 1 atom stereocenters. The number of Topliss-reactive ketones (excluding diaryl/α,β-unsaturated/α-hetero) is 1. The van der Waals surface area contributed by atoms with Crippen molar-refractivity contribution in [1.29, 1.82) is 0 Å². The van der Waals surface area contributed by atoms with Gasteiger partial charge in [0.1, 0.15) is 11.8 Å². The number of ether oxygens (including phenoxy) is 1. The molecular formula is C19H21NO4. The van der Waals surface area contributed by atoms with E-state index in [0.717, 1.165) is 24.0 Å². The molecule has 0 radical (unpaired) electrons. The van der Waals surface area contributed by atoms with E-state index in [2.05, 4.69) is 0 Å². The van der Waals surface area contributed by atoms with Gasteiger partial charge in [-0.2, -0.15) is 0 Å². The second-order valence-corrected chi connectivity index (χ2v) is 6.01. The number of phenolic OH excluding ortho intramolecular Hbond substituents is 1. The molecule has 24 heavy (non-hydrogen) atoms. The molecule has 0 amide bonds. The molecule has 1 heterocycles. The fourth-order valence-corrected chi connectivity index (χ4v) is 3.22. The van der Waals surface area contributed by atoms with Gasteiger partial charge in [-0.1, -0.05) is 12.1 Å². The number of hydrogen-bond donors (Lipinski definition) is 1. The summed E-state index contributed by atoms with van der Waals surface area (Å²) in [6.45, 7) is 2.06. The summed E-state index contributed by atoms with van der Waals surface area (Å²) in [6, 6.07) is 8.08. The summed E-state index contributed by atoms with van der Waals surface area (Å²) in [6.07, 6.45) is 4.47. The van der Waals surface area contributed by atoms with Crippen LogP contribution in [0.2, 0.25) is 0 Å². The molecular weight excluding hydrogens is 306 g/mol. The van der Waals surface area contributed by atoms with E-state index in [4.69, 9.17) is 4.74 Å². The average Bonchev–Trinajstić information content (AvgIpc) is 3.00. The van der Waals surface area contributed by atoms with Gasteiger partial charge in [-0.05, 0) is 49.1 Å². The van der Waals surface area contributed by atoms with Crippen molar-refractivity contribution in [2.24, 2.45) is 0 Å². The lowest BCUT2D eigenvalue weighted by Crippen LogP contribution is -2.27. The van der Waals surface area contributed by atoms with Crippen LogP contribution in [-0.2, 0) is 22.4 Å². The predicted molar refractivity (Wildman–Crippen MR) is 89.2 cm³/mol. The van der Waals surface area contributed by atoms with Crippen molar-refractivity contribution in [3.05, 3.63) is 53.3 Å². The molecule has 0 unspecified atom stereocenters. The van der Waals surface area contributed by atoms with Gasteiger partial charge in [0, 0.05) is 19.0 Å². The number of carbonyl (C=O) groups is 2. The maximum absolute atomic E-state index is 12.5. The quantitative estimate of drug-likeness (QED) is 0.857. The zero-order valence-electron chi connectivity index (χ0n) is 13.7. The smallest absolute Gasteiger partial charge is 0.329 e. The maximum Gasteiger partial charge on any atom is 0.329 e. The van der Waals surface area contributed by atoms with Gasteiger partial charge < -0.3 is 14.4 Å². The molecule has 1 aliphatic carbocycles. The zero-order chi connectivity index (χ0) is 17.1. The largest absolute Gasteiger partial charge is 0.508 e. The molecule has 1 aliphatic rings. The highest BCUT2D eigenvalue weighted by atomic mass is 16.5. The number of aromatic nitrogens is 1. The van der Waals surface area contributed by atoms with Crippen molar-refractivity contribution in [3.8, 4) is 5.75 Å². The first-order valence-corrected chi connectivity index (χ1v) is 8.27. The molecule has 0 fully saturated rings. The molecule has 2 aromatic rings. The van der Waals surface area contributed by atoms with Crippen LogP contribution in [0, 0.1) is 0 Å². The average molecular weight is 327 g/mol. The lowest BCUT2D eigenvalue weighted by Gasteiger charge is -2.22. The second kappa shape index (κ2) is 6.91. The molecule has 126 valence electrons. The molecule has 0 saturated heterocycles. The third-order valence-electron chi connectivity index (χ3n) is 4.37. The molecule has 1 N–H and O–H groups in total. The summed E-state index contributed by atoms with van der Waals surface area (Å²) in [4.78, 5) is 24.8. The maximum atomic E-state index is 12.5.